The van der Waals surface area contributed by atoms with Crippen LogP contribution < -0.4 is 4.74 Å². The maximum atomic E-state index is 11.2. The van der Waals surface area contributed by atoms with Gasteiger partial charge < -0.3 is 14.8 Å². The highest BCUT2D eigenvalue weighted by Gasteiger charge is 2.28. The highest BCUT2D eigenvalue weighted by atomic mass is 127. The van der Waals surface area contributed by atoms with Crippen molar-refractivity contribution < 1.29 is 14.6 Å². The Hall–Kier alpha value is -2.42. The summed E-state index contributed by atoms with van der Waals surface area (Å²) in [5, 5.41) is 9.16. The first kappa shape index (κ1) is 21.3. The first-order chi connectivity index (χ1) is 13.8. The predicted octanol–water partition coefficient (Wildman–Crippen LogP) is 5.17. The molecule has 2 N–H and O–H groups in total. The van der Waals surface area contributed by atoms with Crippen molar-refractivity contribution in [1.29, 1.82) is 0 Å². The third kappa shape index (κ3) is 5.14. The summed E-state index contributed by atoms with van der Waals surface area (Å²) in [7, 11) is 0. The molecule has 2 aromatic heterocycles. The molecule has 0 aliphatic carbocycles. The molecule has 0 saturated carbocycles. The van der Waals surface area contributed by atoms with Crippen LogP contribution in [0.5, 0.6) is 5.75 Å². The van der Waals surface area contributed by atoms with E-state index in [2.05, 4.69) is 44.5 Å². The molecule has 7 heteroatoms. The summed E-state index contributed by atoms with van der Waals surface area (Å²) in [6.07, 6.45) is 3.70. The van der Waals surface area contributed by atoms with Gasteiger partial charge in [-0.25, -0.2) is 4.98 Å². The molecule has 6 nitrogen and oxygen atoms in total. The summed E-state index contributed by atoms with van der Waals surface area (Å²) >= 11 is 2.37. The Labute approximate surface area is 183 Å². The van der Waals surface area contributed by atoms with Gasteiger partial charge in [0.2, 0.25) is 0 Å². The van der Waals surface area contributed by atoms with Crippen molar-refractivity contribution in [1.82, 2.24) is 15.0 Å². The maximum absolute atomic E-state index is 11.2. The number of carboxylic acids is 1. The van der Waals surface area contributed by atoms with Gasteiger partial charge in [-0.2, -0.15) is 0 Å². The van der Waals surface area contributed by atoms with Crippen LogP contribution >= 0.6 is 22.6 Å². The van der Waals surface area contributed by atoms with Crippen LogP contribution in [0.4, 0.5) is 0 Å². The number of carbonyl (C=O) groups is 1. The Morgan fingerprint density at radius 1 is 1.14 bits per heavy atom. The molecule has 0 spiro atoms. The van der Waals surface area contributed by atoms with Crippen molar-refractivity contribution in [2.75, 3.05) is 11.0 Å². The first-order valence-corrected chi connectivity index (χ1v) is 10.9. The summed E-state index contributed by atoms with van der Waals surface area (Å²) in [4.78, 5) is 23.6. The van der Waals surface area contributed by atoms with Gasteiger partial charge in [0.25, 0.3) is 0 Å². The molecule has 0 aliphatic rings. The lowest BCUT2D eigenvalue weighted by atomic mass is 9.95. The summed E-state index contributed by atoms with van der Waals surface area (Å²) in [5.41, 5.74) is 2.94. The van der Waals surface area contributed by atoms with Crippen LogP contribution in [0.3, 0.4) is 0 Å². The normalized spacial score (nSPS) is 12.6. The highest BCUT2D eigenvalue weighted by molar-refractivity contribution is 14.1. The molecule has 0 fully saturated rings. The van der Waals surface area contributed by atoms with E-state index in [0.717, 1.165) is 32.8 Å². The summed E-state index contributed by atoms with van der Waals surface area (Å²) in [5.74, 6) is 1.00. The Balaban J connectivity index is 1.68. The SMILES string of the molecule is CC(CI)c1cnc(-c2ccc(-c3ccc(OCC(C)(C)C(=O)O)cc3)nc2)[nH]1. The van der Waals surface area contributed by atoms with Crippen molar-refractivity contribution in [2.45, 2.75) is 26.7 Å². The fraction of sp³-hybridized carbons (Fsp3) is 0.318. The van der Waals surface area contributed by atoms with Crippen LogP contribution in [0, 0.1) is 5.41 Å². The van der Waals surface area contributed by atoms with E-state index in [1.807, 2.05) is 48.8 Å². The topological polar surface area (TPSA) is 88.1 Å². The fourth-order valence-corrected chi connectivity index (χ4v) is 3.04. The number of aliphatic carboxylic acids is 1. The third-order valence-corrected chi connectivity index (χ3v) is 6.04. The number of rotatable bonds is 8. The lowest BCUT2D eigenvalue weighted by Crippen LogP contribution is -2.30. The number of ether oxygens (including phenoxy) is 1. The number of hydrogen-bond acceptors (Lipinski definition) is 4. The molecular weight excluding hydrogens is 481 g/mol. The van der Waals surface area contributed by atoms with Gasteiger partial charge in [-0.1, -0.05) is 29.5 Å². The number of aromatic amines is 1. The monoisotopic (exact) mass is 505 g/mol. The first-order valence-electron chi connectivity index (χ1n) is 9.34. The highest BCUT2D eigenvalue weighted by Crippen LogP contribution is 2.25. The summed E-state index contributed by atoms with van der Waals surface area (Å²) in [6, 6.07) is 11.4. The molecule has 0 radical (unpaired) electrons. The molecule has 1 unspecified atom stereocenters. The zero-order valence-electron chi connectivity index (χ0n) is 16.6. The Morgan fingerprint density at radius 2 is 1.83 bits per heavy atom. The van der Waals surface area contributed by atoms with Gasteiger partial charge in [-0.05, 0) is 50.2 Å². The summed E-state index contributed by atoms with van der Waals surface area (Å²) < 4.78 is 6.65. The number of carboxylic acid groups (broad SMARTS) is 1. The minimum atomic E-state index is -0.934. The number of imidazole rings is 1. The summed E-state index contributed by atoms with van der Waals surface area (Å²) in [6.45, 7) is 5.55. The van der Waals surface area contributed by atoms with E-state index in [9.17, 15) is 4.79 Å². The van der Waals surface area contributed by atoms with Crippen molar-refractivity contribution >= 4 is 28.6 Å². The number of nitrogens with one attached hydrogen (secondary N) is 1. The van der Waals surface area contributed by atoms with Gasteiger partial charge in [0, 0.05) is 39.6 Å². The van der Waals surface area contributed by atoms with Crippen LogP contribution in [-0.2, 0) is 4.79 Å². The quantitative estimate of drug-likeness (QED) is 0.326. The number of halogens is 1. The van der Waals surface area contributed by atoms with Crippen LogP contribution in [0.1, 0.15) is 32.4 Å². The second-order valence-electron chi connectivity index (χ2n) is 7.68. The molecule has 3 rings (SSSR count). The molecule has 0 amide bonds. The lowest BCUT2D eigenvalue weighted by Gasteiger charge is -2.19. The van der Waals surface area contributed by atoms with E-state index in [1.54, 1.807) is 13.8 Å². The number of benzene rings is 1. The van der Waals surface area contributed by atoms with Gasteiger partial charge in [-0.3, -0.25) is 9.78 Å². The molecule has 152 valence electrons. The van der Waals surface area contributed by atoms with Crippen LogP contribution in [0.25, 0.3) is 22.6 Å². The number of alkyl halides is 1. The molecule has 1 atom stereocenters. The minimum Gasteiger partial charge on any atom is -0.492 e. The minimum absolute atomic E-state index is 0.107. The fourth-order valence-electron chi connectivity index (χ4n) is 2.57. The Kier molecular flexibility index (Phi) is 6.56. The average molecular weight is 505 g/mol. The standard InChI is InChI=1S/C22H24IN3O3/c1-14(10-23)19-12-25-20(26-19)16-6-9-18(24-11-16)15-4-7-17(8-5-15)29-13-22(2,3)21(27)28/h4-9,11-12,14H,10,13H2,1-3H3,(H,25,26)(H,27,28). The van der Waals surface area contributed by atoms with E-state index in [4.69, 9.17) is 9.84 Å². The third-order valence-electron chi connectivity index (χ3n) is 4.72. The second kappa shape index (κ2) is 8.94. The van der Waals surface area contributed by atoms with Gasteiger partial charge in [0.05, 0.1) is 11.1 Å². The van der Waals surface area contributed by atoms with E-state index in [-0.39, 0.29) is 6.61 Å². The number of nitrogens with zero attached hydrogens (tertiary/aromatic N) is 2. The maximum Gasteiger partial charge on any atom is 0.312 e. The van der Waals surface area contributed by atoms with E-state index < -0.39 is 11.4 Å². The molecule has 0 saturated heterocycles. The molecule has 29 heavy (non-hydrogen) atoms. The number of pyridine rings is 1. The number of hydrogen-bond donors (Lipinski definition) is 2. The molecule has 2 heterocycles. The largest absolute Gasteiger partial charge is 0.492 e. The van der Waals surface area contributed by atoms with Crippen molar-refractivity contribution in [3.63, 3.8) is 0 Å². The lowest BCUT2D eigenvalue weighted by molar-refractivity contribution is -0.148. The van der Waals surface area contributed by atoms with Crippen LogP contribution in [0.2, 0.25) is 0 Å². The van der Waals surface area contributed by atoms with Gasteiger partial charge >= 0.3 is 5.97 Å². The zero-order valence-corrected chi connectivity index (χ0v) is 18.8. The number of H-pyrrole nitrogens is 1. The van der Waals surface area contributed by atoms with Crippen molar-refractivity contribution in [2.24, 2.45) is 5.41 Å². The van der Waals surface area contributed by atoms with E-state index in [0.29, 0.717) is 11.7 Å². The molecule has 0 aliphatic heterocycles. The number of aromatic nitrogens is 3. The molecule has 3 aromatic rings. The molecular formula is C22H24IN3O3. The zero-order chi connectivity index (χ0) is 21.0. The Morgan fingerprint density at radius 3 is 2.41 bits per heavy atom. The predicted molar refractivity (Wildman–Crippen MR) is 121 cm³/mol. The van der Waals surface area contributed by atoms with Crippen LogP contribution in [-0.4, -0.2) is 37.1 Å². The van der Waals surface area contributed by atoms with E-state index >= 15 is 0 Å². The van der Waals surface area contributed by atoms with Gasteiger partial charge in [0.15, 0.2) is 0 Å². The van der Waals surface area contributed by atoms with E-state index in [1.165, 1.54) is 0 Å². The van der Waals surface area contributed by atoms with Crippen molar-refractivity contribution in [3.05, 3.63) is 54.5 Å². The Bertz CT molecular complexity index is 966. The molecule has 1 aromatic carbocycles. The van der Waals surface area contributed by atoms with Crippen LogP contribution in [0.15, 0.2) is 48.8 Å². The molecule has 0 bridgehead atoms. The average Bonchev–Trinajstić information content (AvgIpc) is 3.22. The second-order valence-corrected chi connectivity index (χ2v) is 8.56. The van der Waals surface area contributed by atoms with Gasteiger partial charge in [-0.15, -0.1) is 0 Å². The van der Waals surface area contributed by atoms with Crippen molar-refractivity contribution in [3.8, 4) is 28.4 Å². The smallest absolute Gasteiger partial charge is 0.312 e. The van der Waals surface area contributed by atoms with Gasteiger partial charge in [0.1, 0.15) is 18.2 Å².